The van der Waals surface area contributed by atoms with Crippen LogP contribution in [0.3, 0.4) is 0 Å². The Morgan fingerprint density at radius 2 is 0.577 bits per heavy atom. The van der Waals surface area contributed by atoms with Crippen LogP contribution in [0.25, 0.3) is 123 Å². The second kappa shape index (κ2) is 42.7. The molecule has 0 bridgehead atoms. The molecule has 0 amide bonds. The van der Waals surface area contributed by atoms with Crippen LogP contribution >= 0.6 is 0 Å². The Morgan fingerprint density at radius 3 is 0.859 bits per heavy atom. The van der Waals surface area contributed by atoms with Crippen molar-refractivity contribution in [1.29, 1.82) is 0 Å². The van der Waals surface area contributed by atoms with E-state index in [2.05, 4.69) is 127 Å². The van der Waals surface area contributed by atoms with Gasteiger partial charge in [0.2, 0.25) is 0 Å². The van der Waals surface area contributed by atoms with E-state index in [1.807, 2.05) is 222 Å². The van der Waals surface area contributed by atoms with Crippen molar-refractivity contribution in [3.8, 4) is 56.3 Å². The molecule has 0 spiro atoms. The van der Waals surface area contributed by atoms with Crippen LogP contribution in [0.2, 0.25) is 0 Å². The Kier molecular flexibility index (Phi) is 28.6. The number of likely N-dealkylation sites (tertiary alicyclic amines) is 5. The van der Waals surface area contributed by atoms with E-state index in [1.165, 1.54) is 27.8 Å². The summed E-state index contributed by atoms with van der Waals surface area (Å²) in [6, 6.07) is 47.4. The lowest BCUT2D eigenvalue weighted by molar-refractivity contribution is 0.164. The predicted octanol–water partition coefficient (Wildman–Crippen LogP) is 17.3. The number of hydrogen-bond acceptors (Lipinski definition) is 21. The maximum atomic E-state index is 13.0. The highest BCUT2D eigenvalue weighted by atomic mass is 16.3. The fourth-order valence-electron chi connectivity index (χ4n) is 22.6. The fraction of sp³-hybridized carbons (Fsp3) is 0.364. The van der Waals surface area contributed by atoms with Crippen LogP contribution in [0.4, 0.5) is 0 Å². The van der Waals surface area contributed by atoms with Gasteiger partial charge in [-0.3, -0.25) is 55.3 Å². The first-order valence-electron chi connectivity index (χ1n) is 52.7. The molecule has 31 heteroatoms. The Morgan fingerprint density at radius 1 is 0.302 bits per heavy atom. The zero-order valence-corrected chi connectivity index (χ0v) is 87.5. The van der Waals surface area contributed by atoms with Crippen LogP contribution in [0, 0.1) is 41.5 Å². The van der Waals surface area contributed by atoms with E-state index >= 15 is 0 Å². The van der Waals surface area contributed by atoms with Gasteiger partial charge in [-0.15, -0.1) is 0 Å². The summed E-state index contributed by atoms with van der Waals surface area (Å²) in [5.41, 5.74) is 28.1. The second-order valence-corrected chi connectivity index (χ2v) is 41.8. The number of hydrogen-bond donors (Lipinski definition) is 1. The molecule has 0 aliphatic carbocycles. The van der Waals surface area contributed by atoms with Crippen LogP contribution in [-0.4, -0.2) is 229 Å². The van der Waals surface area contributed by atoms with Gasteiger partial charge < -0.3 is 42.8 Å². The number of fused-ring (bicyclic) bond motifs is 10. The van der Waals surface area contributed by atoms with Crippen molar-refractivity contribution < 1.29 is 5.11 Å². The van der Waals surface area contributed by atoms with E-state index in [9.17, 15) is 24.0 Å². The normalized spacial score (nSPS) is 16.0. The smallest absolute Gasteiger partial charge is 0.258 e. The van der Waals surface area contributed by atoms with Crippen LogP contribution < -0.4 is 27.8 Å². The van der Waals surface area contributed by atoms with Gasteiger partial charge in [-0.05, 0) is 352 Å². The Balaban J connectivity index is 0.000000109. The minimum atomic E-state index is -0.0687. The largest absolute Gasteiger partial charge is 0.395 e. The highest BCUT2D eigenvalue weighted by Gasteiger charge is 2.29. The summed E-state index contributed by atoms with van der Waals surface area (Å²) in [7, 11) is 5.97. The van der Waals surface area contributed by atoms with E-state index in [-0.39, 0.29) is 34.4 Å². The summed E-state index contributed by atoms with van der Waals surface area (Å²) in [6.07, 6.45) is 37.0. The third-order valence-corrected chi connectivity index (χ3v) is 31.1. The number of aromatic nitrogens is 20. The SMILES string of the molecule is CCN1CCC(c2ccc3nc(-c4cc(C)c5nc(C)cn5c4)cc(=O)n3c2)CC1.CCN1CCC(c2ccc3nc(-c4ccc5nn(C)cc5c4)cc(=O)n3c2)CC1.Cc1cn2cc(-c3cc(=O)n4cc(C5CCN(C(C)C)CC5)ccc4n3)cc(C)c2n1.Cc1cn2cc(-c3cc(=O)n4cc(C5CCN(C)CC5)ccc4n3)cc(C)c2n1.Cn1cc2cc(-c3cc(=O)n4cc(C5CCN(CCO)CC5)ccc4n3)ccc2n1. The van der Waals surface area contributed by atoms with Crippen molar-refractivity contribution in [2.45, 2.75) is 169 Å². The van der Waals surface area contributed by atoms with Crippen LogP contribution in [-0.2, 0) is 14.1 Å². The van der Waals surface area contributed by atoms with E-state index in [0.29, 0.717) is 92.3 Å². The molecule has 764 valence electrons. The third kappa shape index (κ3) is 21.6. The highest BCUT2D eigenvalue weighted by Crippen LogP contribution is 2.37. The van der Waals surface area contributed by atoms with Crippen molar-refractivity contribution in [2.24, 2.45) is 14.1 Å². The molecule has 0 atom stereocenters. The molecule has 0 radical (unpaired) electrons. The van der Waals surface area contributed by atoms with Gasteiger partial charge in [0.25, 0.3) is 27.8 Å². The van der Waals surface area contributed by atoms with Gasteiger partial charge in [0.15, 0.2) is 0 Å². The minimum absolute atomic E-state index is 0.0378. The van der Waals surface area contributed by atoms with Crippen molar-refractivity contribution in [3.63, 3.8) is 0 Å². The van der Waals surface area contributed by atoms with Gasteiger partial charge >= 0.3 is 0 Å². The number of rotatable bonds is 15. The Labute approximate surface area is 863 Å². The summed E-state index contributed by atoms with van der Waals surface area (Å²) in [5.74, 6) is 2.47. The number of nitrogens with zero attached hydrogens (tertiary/aromatic N) is 25. The molecule has 5 fully saturated rings. The van der Waals surface area contributed by atoms with Crippen molar-refractivity contribution >= 4 is 67.0 Å². The van der Waals surface area contributed by atoms with Crippen LogP contribution in [0.15, 0.2) is 250 Å². The molecule has 5 saturated heterocycles. The van der Waals surface area contributed by atoms with Gasteiger partial charge in [0.1, 0.15) is 45.2 Å². The molecule has 2 aromatic carbocycles. The summed E-state index contributed by atoms with van der Waals surface area (Å²) in [6.45, 7) is 35.1. The van der Waals surface area contributed by atoms with Gasteiger partial charge in [-0.2, -0.15) is 10.2 Å². The van der Waals surface area contributed by atoms with Gasteiger partial charge in [-0.1, -0.05) is 56.3 Å². The number of benzene rings is 2. The number of aliphatic hydroxyl groups is 1. The molecule has 31 nitrogen and oxygen atoms in total. The van der Waals surface area contributed by atoms with Crippen molar-refractivity contribution in [2.75, 3.05) is 98.7 Å². The van der Waals surface area contributed by atoms with E-state index in [0.717, 1.165) is 250 Å². The van der Waals surface area contributed by atoms with Crippen LogP contribution in [0.1, 0.15) is 183 Å². The molecule has 5 aliphatic heterocycles. The summed E-state index contributed by atoms with van der Waals surface area (Å²) in [5, 5.41) is 20.0. The van der Waals surface area contributed by atoms with Crippen molar-refractivity contribution in [1.82, 2.24) is 119 Å². The first-order chi connectivity index (χ1) is 72.1. The number of pyridine rings is 8. The number of aryl methyl sites for hydroxylation is 8. The third-order valence-electron chi connectivity index (χ3n) is 31.1. The molecule has 0 saturated carbocycles. The number of imidazole rings is 3. The minimum Gasteiger partial charge on any atom is -0.395 e. The molecule has 20 aromatic rings. The van der Waals surface area contributed by atoms with E-state index in [1.54, 1.807) is 61.7 Å². The first-order valence-corrected chi connectivity index (χ1v) is 52.7. The maximum absolute atomic E-state index is 13.0. The van der Waals surface area contributed by atoms with Crippen LogP contribution in [0.5, 0.6) is 0 Å². The van der Waals surface area contributed by atoms with Crippen molar-refractivity contribution in [3.05, 3.63) is 340 Å². The monoisotopic (exact) mass is 1990 g/mol. The topological polar surface area (TPSA) is 296 Å². The average molecular weight is 2000 g/mol. The van der Waals surface area contributed by atoms with Gasteiger partial charge in [0.05, 0.1) is 63.2 Å². The molecule has 23 heterocycles. The highest BCUT2D eigenvalue weighted by molar-refractivity contribution is 5.85. The van der Waals surface area contributed by atoms with E-state index < -0.39 is 0 Å². The standard InChI is InChI=1S/C25H29N5O.C24H27N5O.C23H25N5O2.2C23H25N5O/c1-16(2)28-9-7-19(8-10-28)20-5-6-23-27-22(12-24(31)30(23)15-20)21-11-17(3)25-26-18(4)13-29(25)14-21;1-4-27-9-7-18(8-10-27)19-5-6-22-26-21(12-23(30)29(22)15-19)20-11-16(2)24-25-17(3)13-28(24)14-20;1-26-14-19-12-17(2-4-20(19)25-26)21-13-23(30)28-15-18(3-5-22(28)24-21)16-6-8-27(9-7-16)10-11-29;1-15-10-19(13-27-12-16(2)24-23(15)27)20-11-22(29)28-14-18(4-5-21(28)25-20)17-6-8-26(3)9-7-17;1-3-27-10-8-16(9-11-27)18-5-7-22-24-21(13-23(29)28(22)15-18)17-4-6-20-19(12-17)14-26(2)25-20/h5-6,11-16,19H,7-10H2,1-4H3;5-6,11-15,18H,4,7-10H2,1-3H3;2-5,12-16,29H,6-11H2,1H3;4-5,10-14,17H,6-9H2,1-3H3;4-7,12-16H,3,8-11H2,1-2H3. The zero-order chi connectivity index (χ0) is 103. The molecule has 18 aromatic heterocycles. The number of aliphatic hydroxyl groups excluding tert-OH is 1. The number of β-amino-alcohol motifs (C(OH)–C–C–N with tert-alkyl or cyclic N) is 1. The quantitative estimate of drug-likeness (QED) is 0.0997. The molecular weight excluding hydrogens is 1860 g/mol. The zero-order valence-electron chi connectivity index (χ0n) is 87.5. The first kappa shape index (κ1) is 100.0. The van der Waals surface area contributed by atoms with Gasteiger partial charge in [-0.25, -0.2) is 39.9 Å². The Bertz CT molecular complexity index is 8750. The molecule has 1 N–H and O–H groups in total. The van der Waals surface area contributed by atoms with E-state index in [4.69, 9.17) is 30.0 Å². The lowest BCUT2D eigenvalue weighted by atomic mass is 9.90. The summed E-state index contributed by atoms with van der Waals surface area (Å²) >= 11 is 0. The molecule has 149 heavy (non-hydrogen) atoms. The molecule has 5 aliphatic rings. The number of piperidine rings is 5. The molecule has 0 unspecified atom stereocenters. The summed E-state index contributed by atoms with van der Waals surface area (Å²) < 4.78 is 18.0. The Hall–Kier alpha value is -15.0. The van der Waals surface area contributed by atoms with Gasteiger partial charge in [0, 0.05) is 176 Å². The molecular formula is C118H131N25O6. The fourth-order valence-corrected chi connectivity index (χ4v) is 22.6. The molecule has 25 rings (SSSR count). The average Bonchev–Trinajstić information content (AvgIpc) is 1.76. The summed E-state index contributed by atoms with van der Waals surface area (Å²) in [4.78, 5) is 114. The lowest BCUT2D eigenvalue weighted by Gasteiger charge is -2.34. The lowest BCUT2D eigenvalue weighted by Crippen LogP contribution is -2.37. The predicted molar refractivity (Wildman–Crippen MR) is 590 cm³/mol. The maximum Gasteiger partial charge on any atom is 0.258 e. The second-order valence-electron chi connectivity index (χ2n) is 41.8.